The summed E-state index contributed by atoms with van der Waals surface area (Å²) in [4.78, 5) is 26.5. The summed E-state index contributed by atoms with van der Waals surface area (Å²) in [7, 11) is 1.71. The number of anilines is 1. The van der Waals surface area contributed by atoms with Crippen LogP contribution < -0.4 is 5.32 Å². The lowest BCUT2D eigenvalue weighted by Gasteiger charge is -2.35. The second-order valence-electron chi connectivity index (χ2n) is 5.65. The van der Waals surface area contributed by atoms with Crippen LogP contribution in [0.15, 0.2) is 24.3 Å². The van der Waals surface area contributed by atoms with E-state index in [1.54, 1.807) is 7.11 Å². The number of carbonyl (C=O) groups excluding carboxylic acids is 2. The molecule has 5 heteroatoms. The number of ether oxygens (including phenoxy) is 1. The zero-order valence-electron chi connectivity index (χ0n) is 12.2. The Morgan fingerprint density at radius 2 is 2.00 bits per heavy atom. The lowest BCUT2D eigenvalue weighted by Crippen LogP contribution is -2.44. The predicted molar refractivity (Wildman–Crippen MR) is 79.0 cm³/mol. The number of nitrogens with zero attached hydrogens (tertiary/aromatic N) is 1. The fraction of sp³-hybridized carbons (Fsp3) is 0.500. The third-order valence-electron chi connectivity index (χ3n) is 4.38. The maximum atomic E-state index is 12.8. The minimum absolute atomic E-state index is 0.0619. The van der Waals surface area contributed by atoms with Crippen LogP contribution >= 0.6 is 0 Å². The third-order valence-corrected chi connectivity index (χ3v) is 4.38. The van der Waals surface area contributed by atoms with Gasteiger partial charge in [0.2, 0.25) is 11.8 Å². The lowest BCUT2D eigenvalue weighted by atomic mass is 9.88. The number of methoxy groups -OCH3 is 1. The molecule has 2 heterocycles. The highest BCUT2D eigenvalue weighted by Crippen LogP contribution is 2.33. The number of rotatable bonds is 2. The topological polar surface area (TPSA) is 58.6 Å². The number of benzene rings is 1. The van der Waals surface area contributed by atoms with Gasteiger partial charge in [-0.15, -0.1) is 0 Å². The molecule has 0 spiro atoms. The summed E-state index contributed by atoms with van der Waals surface area (Å²) in [5.74, 6) is -0.375. The normalized spacial score (nSPS) is 22.6. The molecule has 1 aromatic rings. The molecule has 0 aliphatic carbocycles. The van der Waals surface area contributed by atoms with Crippen molar-refractivity contribution in [3.8, 4) is 0 Å². The fourth-order valence-corrected chi connectivity index (χ4v) is 3.16. The lowest BCUT2D eigenvalue weighted by molar-refractivity contribution is -0.137. The van der Waals surface area contributed by atoms with E-state index in [4.69, 9.17) is 4.74 Å². The molecule has 1 N–H and O–H groups in total. The molecule has 0 aromatic heterocycles. The van der Waals surface area contributed by atoms with Crippen molar-refractivity contribution in [3.63, 3.8) is 0 Å². The van der Waals surface area contributed by atoms with Crippen LogP contribution in [0.1, 0.15) is 30.7 Å². The van der Waals surface area contributed by atoms with E-state index in [-0.39, 0.29) is 30.3 Å². The summed E-state index contributed by atoms with van der Waals surface area (Å²) >= 11 is 0. The molecule has 1 saturated heterocycles. The van der Waals surface area contributed by atoms with Crippen LogP contribution in [0, 0.1) is 0 Å². The first kappa shape index (κ1) is 14.1. The Morgan fingerprint density at radius 3 is 2.71 bits per heavy atom. The van der Waals surface area contributed by atoms with Gasteiger partial charge < -0.3 is 15.0 Å². The van der Waals surface area contributed by atoms with E-state index in [0.717, 1.165) is 24.1 Å². The highest BCUT2D eigenvalue weighted by atomic mass is 16.5. The Labute approximate surface area is 124 Å². The summed E-state index contributed by atoms with van der Waals surface area (Å²) in [6, 6.07) is 7.56. The Morgan fingerprint density at radius 1 is 1.29 bits per heavy atom. The first-order valence-electron chi connectivity index (χ1n) is 7.39. The molecule has 1 atom stereocenters. The van der Waals surface area contributed by atoms with Crippen molar-refractivity contribution in [2.45, 2.75) is 31.3 Å². The number of likely N-dealkylation sites (tertiary alicyclic amines) is 1. The van der Waals surface area contributed by atoms with E-state index in [1.807, 2.05) is 29.2 Å². The second kappa shape index (κ2) is 5.85. The fourth-order valence-electron chi connectivity index (χ4n) is 3.16. The Kier molecular flexibility index (Phi) is 3.92. The van der Waals surface area contributed by atoms with Crippen LogP contribution in [0.25, 0.3) is 0 Å². The molecule has 2 aliphatic rings. The number of hydrogen-bond donors (Lipinski definition) is 1. The molecule has 0 bridgehead atoms. The van der Waals surface area contributed by atoms with Crippen molar-refractivity contribution >= 4 is 17.5 Å². The molecule has 1 fully saturated rings. The summed E-state index contributed by atoms with van der Waals surface area (Å²) in [5.41, 5.74) is 1.69. The van der Waals surface area contributed by atoms with Gasteiger partial charge in [-0.25, -0.2) is 0 Å². The summed E-state index contributed by atoms with van der Waals surface area (Å²) in [5, 5.41) is 2.83. The van der Waals surface area contributed by atoms with Gasteiger partial charge in [0.15, 0.2) is 0 Å². The van der Waals surface area contributed by atoms with E-state index >= 15 is 0 Å². The molecule has 2 aliphatic heterocycles. The van der Waals surface area contributed by atoms with Gasteiger partial charge >= 0.3 is 0 Å². The summed E-state index contributed by atoms with van der Waals surface area (Å²) in [6.45, 7) is 1.41. The van der Waals surface area contributed by atoms with E-state index in [2.05, 4.69) is 5.32 Å². The van der Waals surface area contributed by atoms with Crippen molar-refractivity contribution in [1.29, 1.82) is 0 Å². The van der Waals surface area contributed by atoms with Crippen molar-refractivity contribution in [1.82, 2.24) is 4.90 Å². The predicted octanol–water partition coefficient (Wildman–Crippen LogP) is 1.75. The molecular formula is C16H20N2O3. The summed E-state index contributed by atoms with van der Waals surface area (Å²) < 4.78 is 5.34. The third kappa shape index (κ3) is 2.78. The number of nitrogens with one attached hydrogen (secondary N) is 1. The standard InChI is InChI=1S/C16H20N2O3/c1-21-11-6-8-18(9-7-11)16(20)13-10-15(19)17-14-5-3-2-4-12(13)14/h2-5,11,13H,6-10H2,1H3,(H,17,19). The number of fused-ring (bicyclic) bond motifs is 1. The van der Waals surface area contributed by atoms with Crippen LogP contribution in [-0.2, 0) is 14.3 Å². The van der Waals surface area contributed by atoms with Gasteiger partial charge in [-0.3, -0.25) is 9.59 Å². The van der Waals surface area contributed by atoms with Gasteiger partial charge in [0.05, 0.1) is 12.0 Å². The van der Waals surface area contributed by atoms with Gasteiger partial charge in [0.25, 0.3) is 0 Å². The Bertz CT molecular complexity index is 550. The average molecular weight is 288 g/mol. The van der Waals surface area contributed by atoms with E-state index in [1.165, 1.54) is 0 Å². The van der Waals surface area contributed by atoms with Gasteiger partial charge in [-0.1, -0.05) is 18.2 Å². The number of carbonyl (C=O) groups is 2. The maximum absolute atomic E-state index is 12.8. The van der Waals surface area contributed by atoms with Crippen molar-refractivity contribution < 1.29 is 14.3 Å². The minimum Gasteiger partial charge on any atom is -0.381 e. The van der Waals surface area contributed by atoms with Crippen LogP contribution in [-0.4, -0.2) is 43.0 Å². The number of hydrogen-bond acceptors (Lipinski definition) is 3. The number of para-hydroxylation sites is 1. The van der Waals surface area contributed by atoms with Gasteiger partial charge in [0, 0.05) is 32.3 Å². The van der Waals surface area contributed by atoms with Crippen LogP contribution in [0.5, 0.6) is 0 Å². The zero-order valence-corrected chi connectivity index (χ0v) is 12.2. The molecule has 1 unspecified atom stereocenters. The summed E-state index contributed by atoms with van der Waals surface area (Å²) in [6.07, 6.45) is 2.21. The van der Waals surface area contributed by atoms with E-state index in [0.29, 0.717) is 13.1 Å². The van der Waals surface area contributed by atoms with Crippen LogP contribution in [0.4, 0.5) is 5.69 Å². The highest BCUT2D eigenvalue weighted by Gasteiger charge is 2.34. The maximum Gasteiger partial charge on any atom is 0.230 e. The minimum atomic E-state index is -0.353. The Balaban J connectivity index is 1.77. The smallest absolute Gasteiger partial charge is 0.230 e. The molecule has 3 rings (SSSR count). The first-order valence-corrected chi connectivity index (χ1v) is 7.39. The molecule has 0 saturated carbocycles. The molecule has 2 amide bonds. The highest BCUT2D eigenvalue weighted by molar-refractivity contribution is 6.01. The van der Waals surface area contributed by atoms with Crippen LogP contribution in [0.2, 0.25) is 0 Å². The molecule has 5 nitrogen and oxygen atoms in total. The van der Waals surface area contributed by atoms with Crippen molar-refractivity contribution in [3.05, 3.63) is 29.8 Å². The van der Waals surface area contributed by atoms with Crippen molar-refractivity contribution in [2.75, 3.05) is 25.5 Å². The van der Waals surface area contributed by atoms with E-state index in [9.17, 15) is 9.59 Å². The molecule has 1 aromatic carbocycles. The van der Waals surface area contributed by atoms with Crippen LogP contribution in [0.3, 0.4) is 0 Å². The van der Waals surface area contributed by atoms with E-state index < -0.39 is 0 Å². The molecule has 0 radical (unpaired) electrons. The number of piperidine rings is 1. The molecule has 112 valence electrons. The number of amides is 2. The van der Waals surface area contributed by atoms with Gasteiger partial charge in [0.1, 0.15) is 0 Å². The largest absolute Gasteiger partial charge is 0.381 e. The monoisotopic (exact) mass is 288 g/mol. The van der Waals surface area contributed by atoms with Gasteiger partial charge in [-0.05, 0) is 24.5 Å². The first-order chi connectivity index (χ1) is 10.2. The zero-order chi connectivity index (χ0) is 14.8. The Hall–Kier alpha value is -1.88. The van der Waals surface area contributed by atoms with Gasteiger partial charge in [-0.2, -0.15) is 0 Å². The second-order valence-corrected chi connectivity index (χ2v) is 5.65. The average Bonchev–Trinajstić information content (AvgIpc) is 2.53. The molecule has 21 heavy (non-hydrogen) atoms. The molecular weight excluding hydrogens is 268 g/mol. The quantitative estimate of drug-likeness (QED) is 0.902. The van der Waals surface area contributed by atoms with Crippen molar-refractivity contribution in [2.24, 2.45) is 0 Å². The SMILES string of the molecule is COC1CCN(C(=O)C2CC(=O)Nc3ccccc32)CC1.